The van der Waals surface area contributed by atoms with Gasteiger partial charge < -0.3 is 14.5 Å². The molecule has 3 rings (SSSR count). The number of nitrogens with one attached hydrogen (secondary N) is 1. The Hall–Kier alpha value is -1.58. The highest BCUT2D eigenvalue weighted by Gasteiger charge is 2.20. The molecule has 0 amide bonds. The molecule has 112 valence electrons. The molecule has 3 nitrogen and oxygen atoms in total. The van der Waals surface area contributed by atoms with Gasteiger partial charge in [0.2, 0.25) is 0 Å². The second kappa shape index (κ2) is 6.92. The van der Waals surface area contributed by atoms with Crippen molar-refractivity contribution in [1.82, 2.24) is 5.32 Å². The second-order valence-electron chi connectivity index (χ2n) is 5.54. The van der Waals surface area contributed by atoms with Crippen molar-refractivity contribution in [3.8, 4) is 0 Å². The third-order valence-corrected chi connectivity index (χ3v) is 4.01. The van der Waals surface area contributed by atoms with E-state index in [2.05, 4.69) is 36.5 Å². The molecule has 1 atom stereocenters. The minimum absolute atomic E-state index is 0.206. The van der Waals surface area contributed by atoms with E-state index in [0.717, 1.165) is 31.0 Å². The maximum atomic E-state index is 6.10. The smallest absolute Gasteiger partial charge is 0.129 e. The van der Waals surface area contributed by atoms with Gasteiger partial charge >= 0.3 is 0 Å². The SMILES string of the molecule is CCNCc1ccc(COC2CCCc3ccccc32)o1. The summed E-state index contributed by atoms with van der Waals surface area (Å²) in [4.78, 5) is 0. The summed E-state index contributed by atoms with van der Waals surface area (Å²) in [5.41, 5.74) is 2.78. The Labute approximate surface area is 126 Å². The fourth-order valence-corrected chi connectivity index (χ4v) is 2.91. The van der Waals surface area contributed by atoms with Crippen LogP contribution < -0.4 is 5.32 Å². The predicted molar refractivity (Wildman–Crippen MR) is 83.0 cm³/mol. The Balaban J connectivity index is 1.59. The summed E-state index contributed by atoms with van der Waals surface area (Å²) in [6.07, 6.45) is 3.68. The highest BCUT2D eigenvalue weighted by Crippen LogP contribution is 2.33. The molecule has 1 N–H and O–H groups in total. The van der Waals surface area contributed by atoms with Crippen molar-refractivity contribution in [2.45, 2.75) is 45.4 Å². The molecule has 0 fully saturated rings. The highest BCUT2D eigenvalue weighted by molar-refractivity contribution is 5.31. The normalized spacial score (nSPS) is 17.7. The predicted octanol–water partition coefficient (Wildman–Crippen LogP) is 3.98. The first-order valence-electron chi connectivity index (χ1n) is 7.84. The van der Waals surface area contributed by atoms with Crippen LogP contribution in [0, 0.1) is 0 Å². The average molecular weight is 285 g/mol. The second-order valence-corrected chi connectivity index (χ2v) is 5.54. The van der Waals surface area contributed by atoms with Crippen LogP contribution in [0.5, 0.6) is 0 Å². The molecule has 1 aliphatic rings. The summed E-state index contributed by atoms with van der Waals surface area (Å²) in [6, 6.07) is 12.7. The van der Waals surface area contributed by atoms with E-state index in [-0.39, 0.29) is 6.10 Å². The molecule has 1 aromatic heterocycles. The number of hydrogen-bond acceptors (Lipinski definition) is 3. The summed E-state index contributed by atoms with van der Waals surface area (Å²) in [5.74, 6) is 1.88. The van der Waals surface area contributed by atoms with Crippen LogP contribution in [0.4, 0.5) is 0 Å². The number of aryl methyl sites for hydroxylation is 1. The van der Waals surface area contributed by atoms with Crippen LogP contribution >= 0.6 is 0 Å². The molecule has 0 aliphatic heterocycles. The van der Waals surface area contributed by atoms with E-state index in [1.807, 2.05) is 12.1 Å². The first-order valence-corrected chi connectivity index (χ1v) is 7.84. The molecule has 0 saturated heterocycles. The van der Waals surface area contributed by atoms with Gasteiger partial charge in [0, 0.05) is 0 Å². The maximum Gasteiger partial charge on any atom is 0.129 e. The molecule has 21 heavy (non-hydrogen) atoms. The summed E-state index contributed by atoms with van der Waals surface area (Å²) in [6.45, 7) is 4.37. The minimum atomic E-state index is 0.206. The zero-order valence-corrected chi connectivity index (χ0v) is 12.6. The largest absolute Gasteiger partial charge is 0.462 e. The van der Waals surface area contributed by atoms with Gasteiger partial charge in [0.15, 0.2) is 0 Å². The molecular weight excluding hydrogens is 262 g/mol. The van der Waals surface area contributed by atoms with Crippen LogP contribution in [0.1, 0.15) is 48.5 Å². The van der Waals surface area contributed by atoms with E-state index in [1.165, 1.54) is 24.0 Å². The van der Waals surface area contributed by atoms with E-state index in [4.69, 9.17) is 9.15 Å². The van der Waals surface area contributed by atoms with Crippen LogP contribution in [0.15, 0.2) is 40.8 Å². The van der Waals surface area contributed by atoms with Crippen molar-refractivity contribution >= 4 is 0 Å². The van der Waals surface area contributed by atoms with Crippen LogP contribution in [0.2, 0.25) is 0 Å². The lowest BCUT2D eigenvalue weighted by Gasteiger charge is -2.25. The minimum Gasteiger partial charge on any atom is -0.462 e. The molecule has 1 heterocycles. The molecule has 1 unspecified atom stereocenters. The molecule has 0 saturated carbocycles. The van der Waals surface area contributed by atoms with E-state index in [1.54, 1.807) is 0 Å². The van der Waals surface area contributed by atoms with Gasteiger partial charge in [-0.2, -0.15) is 0 Å². The van der Waals surface area contributed by atoms with Gasteiger partial charge in [-0.05, 0) is 49.1 Å². The van der Waals surface area contributed by atoms with E-state index < -0.39 is 0 Å². The van der Waals surface area contributed by atoms with Crippen LogP contribution in [0.25, 0.3) is 0 Å². The van der Waals surface area contributed by atoms with Crippen molar-refractivity contribution in [2.24, 2.45) is 0 Å². The summed E-state index contributed by atoms with van der Waals surface area (Å²) in [5, 5.41) is 3.26. The van der Waals surface area contributed by atoms with Crippen molar-refractivity contribution in [3.63, 3.8) is 0 Å². The topological polar surface area (TPSA) is 34.4 Å². The van der Waals surface area contributed by atoms with Crippen molar-refractivity contribution in [3.05, 3.63) is 59.0 Å². The monoisotopic (exact) mass is 285 g/mol. The maximum absolute atomic E-state index is 6.10. The molecule has 1 aromatic carbocycles. The quantitative estimate of drug-likeness (QED) is 0.871. The van der Waals surface area contributed by atoms with Gasteiger partial charge in [0.1, 0.15) is 18.1 Å². The number of furan rings is 1. The number of fused-ring (bicyclic) bond motifs is 1. The van der Waals surface area contributed by atoms with E-state index in [0.29, 0.717) is 6.61 Å². The van der Waals surface area contributed by atoms with Crippen molar-refractivity contribution in [1.29, 1.82) is 0 Å². The van der Waals surface area contributed by atoms with Gasteiger partial charge in [-0.3, -0.25) is 0 Å². The van der Waals surface area contributed by atoms with Crippen molar-refractivity contribution in [2.75, 3.05) is 6.54 Å². The number of ether oxygens (including phenoxy) is 1. The molecule has 0 radical (unpaired) electrons. The van der Waals surface area contributed by atoms with Crippen molar-refractivity contribution < 1.29 is 9.15 Å². The zero-order chi connectivity index (χ0) is 14.5. The summed E-state index contributed by atoms with van der Waals surface area (Å²) >= 11 is 0. The van der Waals surface area contributed by atoms with E-state index in [9.17, 15) is 0 Å². The fourth-order valence-electron chi connectivity index (χ4n) is 2.91. The van der Waals surface area contributed by atoms with Gasteiger partial charge in [-0.1, -0.05) is 31.2 Å². The highest BCUT2D eigenvalue weighted by atomic mass is 16.5. The summed E-state index contributed by atoms with van der Waals surface area (Å²) < 4.78 is 11.9. The lowest BCUT2D eigenvalue weighted by Crippen LogP contribution is -2.12. The lowest BCUT2D eigenvalue weighted by atomic mass is 9.89. The molecule has 0 spiro atoms. The van der Waals surface area contributed by atoms with E-state index >= 15 is 0 Å². The van der Waals surface area contributed by atoms with Crippen LogP contribution in [0.3, 0.4) is 0 Å². The third kappa shape index (κ3) is 3.55. The molecule has 1 aliphatic carbocycles. The Morgan fingerprint density at radius 2 is 2.05 bits per heavy atom. The van der Waals surface area contributed by atoms with Gasteiger partial charge in [0.25, 0.3) is 0 Å². The Morgan fingerprint density at radius 3 is 2.95 bits per heavy atom. The van der Waals surface area contributed by atoms with Gasteiger partial charge in [-0.25, -0.2) is 0 Å². The lowest BCUT2D eigenvalue weighted by molar-refractivity contribution is 0.0187. The average Bonchev–Trinajstić information content (AvgIpc) is 2.99. The number of benzene rings is 1. The third-order valence-electron chi connectivity index (χ3n) is 4.01. The Morgan fingerprint density at radius 1 is 1.19 bits per heavy atom. The molecular formula is C18H23NO2. The molecule has 0 bridgehead atoms. The van der Waals surface area contributed by atoms with Gasteiger partial charge in [-0.15, -0.1) is 0 Å². The standard InChI is InChI=1S/C18H23NO2/c1-2-19-12-15-10-11-16(21-15)13-20-18-9-5-7-14-6-3-4-8-17(14)18/h3-4,6,8,10-11,18-19H,2,5,7,9,12-13H2,1H3. The number of rotatable bonds is 6. The zero-order valence-electron chi connectivity index (χ0n) is 12.6. The Bertz CT molecular complexity index is 576. The first-order chi connectivity index (χ1) is 10.4. The van der Waals surface area contributed by atoms with Crippen LogP contribution in [-0.4, -0.2) is 6.54 Å². The first kappa shape index (κ1) is 14.4. The van der Waals surface area contributed by atoms with Gasteiger partial charge in [0.05, 0.1) is 12.6 Å². The fraction of sp³-hybridized carbons (Fsp3) is 0.444. The van der Waals surface area contributed by atoms with Crippen LogP contribution in [-0.2, 0) is 24.3 Å². The Kier molecular flexibility index (Phi) is 4.73. The summed E-state index contributed by atoms with van der Waals surface area (Å²) in [7, 11) is 0. The molecule has 2 aromatic rings. The molecule has 3 heteroatoms. The number of hydrogen-bond donors (Lipinski definition) is 1.